The Morgan fingerprint density at radius 3 is 2.57 bits per heavy atom. The van der Waals surface area contributed by atoms with Crippen LogP contribution in [0.25, 0.3) is 0 Å². The molecule has 0 radical (unpaired) electrons. The standard InChI is InChI=1S/C10H17N3O/c1-6(2)8(12)10(14)9-7(11)4-3-5-13-9/h3-6,8,10,14H,11-12H2,1-2H3/t8-,10+/m0/s1. The largest absolute Gasteiger partial charge is 0.397 e. The van der Waals surface area contributed by atoms with Crippen LogP contribution < -0.4 is 11.5 Å². The van der Waals surface area contributed by atoms with Crippen molar-refractivity contribution in [3.05, 3.63) is 24.0 Å². The van der Waals surface area contributed by atoms with E-state index in [1.165, 1.54) is 0 Å². The third-order valence-corrected chi connectivity index (χ3v) is 2.29. The molecule has 0 aromatic carbocycles. The lowest BCUT2D eigenvalue weighted by Crippen LogP contribution is -2.34. The molecular weight excluding hydrogens is 178 g/mol. The summed E-state index contributed by atoms with van der Waals surface area (Å²) in [5, 5.41) is 9.87. The van der Waals surface area contributed by atoms with Gasteiger partial charge < -0.3 is 16.6 Å². The van der Waals surface area contributed by atoms with Gasteiger partial charge in [0, 0.05) is 12.2 Å². The maximum absolute atomic E-state index is 9.87. The molecule has 2 atom stereocenters. The summed E-state index contributed by atoms with van der Waals surface area (Å²) in [6.45, 7) is 3.90. The number of nitrogen functional groups attached to an aromatic ring is 1. The second kappa shape index (κ2) is 4.39. The predicted molar refractivity (Wildman–Crippen MR) is 56.4 cm³/mol. The van der Waals surface area contributed by atoms with E-state index in [2.05, 4.69) is 4.98 Å². The van der Waals surface area contributed by atoms with Crippen LogP contribution in [-0.2, 0) is 0 Å². The van der Waals surface area contributed by atoms with Crippen LogP contribution in [0.15, 0.2) is 18.3 Å². The van der Waals surface area contributed by atoms with Crippen molar-refractivity contribution < 1.29 is 5.11 Å². The number of aliphatic hydroxyl groups excluding tert-OH is 1. The number of pyridine rings is 1. The minimum atomic E-state index is -0.795. The summed E-state index contributed by atoms with van der Waals surface area (Å²) in [5.41, 5.74) is 12.4. The molecule has 0 aliphatic carbocycles. The first-order chi connectivity index (χ1) is 6.54. The number of nitrogens with zero attached hydrogens (tertiary/aromatic N) is 1. The number of hydrogen-bond acceptors (Lipinski definition) is 4. The van der Waals surface area contributed by atoms with E-state index in [4.69, 9.17) is 11.5 Å². The Balaban J connectivity index is 2.89. The van der Waals surface area contributed by atoms with Crippen LogP contribution in [0.3, 0.4) is 0 Å². The van der Waals surface area contributed by atoms with E-state index in [1.54, 1.807) is 18.3 Å². The molecule has 0 amide bonds. The second-order valence-corrected chi connectivity index (χ2v) is 3.74. The van der Waals surface area contributed by atoms with E-state index >= 15 is 0 Å². The molecule has 1 rings (SSSR count). The van der Waals surface area contributed by atoms with Crippen LogP contribution in [0, 0.1) is 5.92 Å². The van der Waals surface area contributed by atoms with Crippen molar-refractivity contribution in [2.75, 3.05) is 5.73 Å². The van der Waals surface area contributed by atoms with E-state index in [-0.39, 0.29) is 12.0 Å². The van der Waals surface area contributed by atoms with Gasteiger partial charge in [0.25, 0.3) is 0 Å². The summed E-state index contributed by atoms with van der Waals surface area (Å²) < 4.78 is 0. The van der Waals surface area contributed by atoms with Crippen LogP contribution in [0.4, 0.5) is 5.69 Å². The number of rotatable bonds is 3. The van der Waals surface area contributed by atoms with Crippen LogP contribution in [-0.4, -0.2) is 16.1 Å². The highest BCUT2D eigenvalue weighted by molar-refractivity contribution is 5.43. The Morgan fingerprint density at radius 1 is 1.43 bits per heavy atom. The molecule has 0 aliphatic heterocycles. The fourth-order valence-electron chi connectivity index (χ4n) is 1.22. The zero-order valence-electron chi connectivity index (χ0n) is 8.51. The highest BCUT2D eigenvalue weighted by atomic mass is 16.3. The number of nitrogens with two attached hydrogens (primary N) is 2. The molecule has 4 nitrogen and oxygen atoms in total. The van der Waals surface area contributed by atoms with Gasteiger partial charge in [-0.2, -0.15) is 0 Å². The molecule has 0 fully saturated rings. The van der Waals surface area contributed by atoms with Crippen molar-refractivity contribution in [3.8, 4) is 0 Å². The SMILES string of the molecule is CC(C)[C@H](N)[C@@H](O)c1ncccc1N. The molecule has 0 saturated carbocycles. The highest BCUT2D eigenvalue weighted by Crippen LogP contribution is 2.22. The average Bonchev–Trinajstić information content (AvgIpc) is 2.16. The van der Waals surface area contributed by atoms with Gasteiger partial charge in [0.2, 0.25) is 0 Å². The van der Waals surface area contributed by atoms with Crippen molar-refractivity contribution in [1.29, 1.82) is 0 Å². The quantitative estimate of drug-likeness (QED) is 0.662. The third kappa shape index (κ3) is 2.21. The maximum Gasteiger partial charge on any atom is 0.113 e. The molecule has 1 heterocycles. The number of hydrogen-bond donors (Lipinski definition) is 3. The normalized spacial score (nSPS) is 15.5. The van der Waals surface area contributed by atoms with Gasteiger partial charge in [0.05, 0.1) is 11.4 Å². The van der Waals surface area contributed by atoms with Crippen LogP contribution in [0.1, 0.15) is 25.6 Å². The summed E-state index contributed by atoms with van der Waals surface area (Å²) in [4.78, 5) is 4.03. The Kier molecular flexibility index (Phi) is 3.43. The first-order valence-electron chi connectivity index (χ1n) is 4.68. The smallest absolute Gasteiger partial charge is 0.113 e. The Labute approximate surface area is 83.9 Å². The minimum Gasteiger partial charge on any atom is -0.397 e. The lowest BCUT2D eigenvalue weighted by molar-refractivity contribution is 0.122. The van der Waals surface area contributed by atoms with Gasteiger partial charge in [-0.3, -0.25) is 4.98 Å². The van der Waals surface area contributed by atoms with Crippen LogP contribution in [0.2, 0.25) is 0 Å². The molecule has 1 aromatic rings. The molecule has 0 aliphatic rings. The van der Waals surface area contributed by atoms with E-state index in [0.717, 1.165) is 0 Å². The van der Waals surface area contributed by atoms with Gasteiger partial charge in [0.1, 0.15) is 6.10 Å². The zero-order valence-corrected chi connectivity index (χ0v) is 8.51. The number of aliphatic hydroxyl groups is 1. The Bertz CT molecular complexity index is 301. The summed E-state index contributed by atoms with van der Waals surface area (Å²) in [6, 6.07) is 3.10. The van der Waals surface area contributed by atoms with Crippen molar-refractivity contribution in [3.63, 3.8) is 0 Å². The molecule has 14 heavy (non-hydrogen) atoms. The summed E-state index contributed by atoms with van der Waals surface area (Å²) in [5.74, 6) is 0.186. The van der Waals surface area contributed by atoms with Crippen LogP contribution in [0.5, 0.6) is 0 Å². The Morgan fingerprint density at radius 2 is 2.07 bits per heavy atom. The first kappa shape index (κ1) is 10.9. The van der Waals surface area contributed by atoms with Gasteiger partial charge in [-0.05, 0) is 18.1 Å². The first-order valence-corrected chi connectivity index (χ1v) is 4.68. The van der Waals surface area contributed by atoms with Crippen molar-refractivity contribution in [2.24, 2.45) is 11.7 Å². The summed E-state index contributed by atoms with van der Waals surface area (Å²) in [7, 11) is 0. The number of aromatic nitrogens is 1. The molecule has 0 unspecified atom stereocenters. The van der Waals surface area contributed by atoms with Gasteiger partial charge in [-0.25, -0.2) is 0 Å². The van der Waals surface area contributed by atoms with Gasteiger partial charge in [-0.1, -0.05) is 13.8 Å². The summed E-state index contributed by atoms with van der Waals surface area (Å²) in [6.07, 6.45) is 0.804. The zero-order chi connectivity index (χ0) is 10.7. The van der Waals surface area contributed by atoms with E-state index < -0.39 is 6.10 Å². The summed E-state index contributed by atoms with van der Waals surface area (Å²) >= 11 is 0. The minimum absolute atomic E-state index is 0.186. The van der Waals surface area contributed by atoms with Crippen molar-refractivity contribution >= 4 is 5.69 Å². The number of anilines is 1. The van der Waals surface area contributed by atoms with Gasteiger partial charge in [0.15, 0.2) is 0 Å². The fraction of sp³-hybridized carbons (Fsp3) is 0.500. The molecular formula is C10H17N3O. The topological polar surface area (TPSA) is 85.2 Å². The second-order valence-electron chi connectivity index (χ2n) is 3.74. The Hall–Kier alpha value is -1.13. The van der Waals surface area contributed by atoms with Gasteiger partial charge >= 0.3 is 0 Å². The average molecular weight is 195 g/mol. The van der Waals surface area contributed by atoms with E-state index in [0.29, 0.717) is 11.4 Å². The third-order valence-electron chi connectivity index (χ3n) is 2.29. The lowest BCUT2D eigenvalue weighted by Gasteiger charge is -2.22. The highest BCUT2D eigenvalue weighted by Gasteiger charge is 2.22. The van der Waals surface area contributed by atoms with E-state index in [1.807, 2.05) is 13.8 Å². The monoisotopic (exact) mass is 195 g/mol. The van der Waals surface area contributed by atoms with E-state index in [9.17, 15) is 5.11 Å². The van der Waals surface area contributed by atoms with Gasteiger partial charge in [-0.15, -0.1) is 0 Å². The molecule has 0 saturated heterocycles. The molecule has 0 spiro atoms. The molecule has 5 N–H and O–H groups in total. The maximum atomic E-state index is 9.87. The van der Waals surface area contributed by atoms with Crippen LogP contribution >= 0.6 is 0 Å². The predicted octanol–water partition coefficient (Wildman–Crippen LogP) is 0.680. The molecule has 4 heteroatoms. The lowest BCUT2D eigenvalue weighted by atomic mass is 9.96. The van der Waals surface area contributed by atoms with Crippen molar-refractivity contribution in [2.45, 2.75) is 26.0 Å². The van der Waals surface area contributed by atoms with Crippen molar-refractivity contribution in [1.82, 2.24) is 4.98 Å². The molecule has 78 valence electrons. The molecule has 1 aromatic heterocycles. The fourth-order valence-corrected chi connectivity index (χ4v) is 1.22. The molecule has 0 bridgehead atoms.